The molecular formula is C17H22N4O3. The standard InChI is InChI=1S/C17H22N4O3/c1-10-14(9-21(2)20-10)17(23)19-16(12-6-13(22)7-12)11-4-5-15(24-3)18-8-11/h4-5,8-9,12-13,16,22H,6-7H2,1-3H3,(H,19,23)/t12?,13?,16-/m0/s1. The van der Waals surface area contributed by atoms with E-state index in [-0.39, 0.29) is 24.0 Å². The Morgan fingerprint density at radius 1 is 1.46 bits per heavy atom. The number of pyridine rings is 1. The van der Waals surface area contributed by atoms with Gasteiger partial charge in [0.15, 0.2) is 0 Å². The van der Waals surface area contributed by atoms with Gasteiger partial charge in [-0.15, -0.1) is 0 Å². The number of aromatic nitrogens is 3. The van der Waals surface area contributed by atoms with Gasteiger partial charge in [-0.25, -0.2) is 4.98 Å². The van der Waals surface area contributed by atoms with E-state index in [2.05, 4.69) is 15.4 Å². The van der Waals surface area contributed by atoms with Crippen molar-refractivity contribution in [3.8, 4) is 5.88 Å². The summed E-state index contributed by atoms with van der Waals surface area (Å²) >= 11 is 0. The molecule has 3 rings (SSSR count). The van der Waals surface area contributed by atoms with E-state index in [4.69, 9.17) is 4.74 Å². The molecule has 1 aliphatic rings. The summed E-state index contributed by atoms with van der Waals surface area (Å²) in [6, 6.07) is 3.48. The molecule has 2 aromatic heterocycles. The molecule has 0 spiro atoms. The van der Waals surface area contributed by atoms with Crippen LogP contribution in [-0.2, 0) is 7.05 Å². The highest BCUT2D eigenvalue weighted by Gasteiger charge is 2.36. The van der Waals surface area contributed by atoms with Gasteiger partial charge in [0, 0.05) is 25.5 Å². The van der Waals surface area contributed by atoms with Gasteiger partial charge in [-0.2, -0.15) is 5.10 Å². The van der Waals surface area contributed by atoms with E-state index in [1.165, 1.54) is 0 Å². The van der Waals surface area contributed by atoms with Crippen LogP contribution >= 0.6 is 0 Å². The molecule has 7 heteroatoms. The highest BCUT2D eigenvalue weighted by atomic mass is 16.5. The van der Waals surface area contributed by atoms with Gasteiger partial charge < -0.3 is 15.2 Å². The predicted molar refractivity (Wildman–Crippen MR) is 87.7 cm³/mol. The van der Waals surface area contributed by atoms with Crippen molar-refractivity contribution in [1.82, 2.24) is 20.1 Å². The lowest BCUT2D eigenvalue weighted by Crippen LogP contribution is -2.41. The summed E-state index contributed by atoms with van der Waals surface area (Å²) in [4.78, 5) is 16.9. The molecule has 1 fully saturated rings. The largest absolute Gasteiger partial charge is 0.481 e. The fourth-order valence-electron chi connectivity index (χ4n) is 3.11. The highest BCUT2D eigenvalue weighted by Crippen LogP contribution is 2.38. The Hall–Kier alpha value is -2.41. The summed E-state index contributed by atoms with van der Waals surface area (Å²) in [6.07, 6.45) is 4.47. The molecule has 128 valence electrons. The van der Waals surface area contributed by atoms with Gasteiger partial charge in [0.25, 0.3) is 5.91 Å². The molecule has 1 saturated carbocycles. The number of aliphatic hydroxyl groups excluding tert-OH is 1. The second-order valence-electron chi connectivity index (χ2n) is 6.27. The molecule has 1 amide bonds. The van der Waals surface area contributed by atoms with Gasteiger partial charge in [-0.1, -0.05) is 6.07 Å². The summed E-state index contributed by atoms with van der Waals surface area (Å²) < 4.78 is 6.71. The fraction of sp³-hybridized carbons (Fsp3) is 0.471. The first-order chi connectivity index (χ1) is 11.5. The molecule has 1 atom stereocenters. The molecule has 0 aliphatic heterocycles. The van der Waals surface area contributed by atoms with Crippen LogP contribution in [-0.4, -0.2) is 39.0 Å². The maximum absolute atomic E-state index is 12.6. The molecular weight excluding hydrogens is 308 g/mol. The van der Waals surface area contributed by atoms with Crippen LogP contribution in [0.5, 0.6) is 5.88 Å². The Morgan fingerprint density at radius 2 is 2.21 bits per heavy atom. The number of ether oxygens (including phenoxy) is 1. The van der Waals surface area contributed by atoms with Gasteiger partial charge in [0.1, 0.15) is 0 Å². The number of carbonyl (C=O) groups is 1. The van der Waals surface area contributed by atoms with E-state index in [9.17, 15) is 9.90 Å². The van der Waals surface area contributed by atoms with Crippen molar-refractivity contribution in [3.63, 3.8) is 0 Å². The lowest BCUT2D eigenvalue weighted by Gasteiger charge is -2.38. The van der Waals surface area contributed by atoms with Crippen LogP contribution in [0.3, 0.4) is 0 Å². The van der Waals surface area contributed by atoms with E-state index < -0.39 is 0 Å². The molecule has 1 aliphatic carbocycles. The zero-order valence-electron chi connectivity index (χ0n) is 14.1. The van der Waals surface area contributed by atoms with Crippen molar-refractivity contribution in [2.45, 2.75) is 31.9 Å². The first kappa shape index (κ1) is 16.4. The molecule has 0 radical (unpaired) electrons. The van der Waals surface area contributed by atoms with E-state index in [1.54, 1.807) is 37.3 Å². The average molecular weight is 330 g/mol. The zero-order chi connectivity index (χ0) is 17.3. The Morgan fingerprint density at radius 3 is 2.71 bits per heavy atom. The number of hydrogen-bond acceptors (Lipinski definition) is 5. The fourth-order valence-corrected chi connectivity index (χ4v) is 3.11. The lowest BCUT2D eigenvalue weighted by molar-refractivity contribution is 0.0234. The van der Waals surface area contributed by atoms with Crippen molar-refractivity contribution in [2.75, 3.05) is 7.11 Å². The third-order valence-corrected chi connectivity index (χ3v) is 4.49. The molecule has 2 heterocycles. The van der Waals surface area contributed by atoms with Gasteiger partial charge in [-0.05, 0) is 31.2 Å². The summed E-state index contributed by atoms with van der Waals surface area (Å²) in [7, 11) is 3.35. The minimum Gasteiger partial charge on any atom is -0.481 e. The van der Waals surface area contributed by atoms with Crippen LogP contribution in [0.25, 0.3) is 0 Å². The Labute approximate surface area is 140 Å². The number of rotatable bonds is 5. The first-order valence-corrected chi connectivity index (χ1v) is 7.97. The maximum atomic E-state index is 12.6. The Bertz CT molecular complexity index is 720. The average Bonchev–Trinajstić information content (AvgIpc) is 2.88. The molecule has 0 aromatic carbocycles. The van der Waals surface area contributed by atoms with Crippen LogP contribution < -0.4 is 10.1 Å². The van der Waals surface area contributed by atoms with Crippen LogP contribution in [0.1, 0.15) is 40.5 Å². The monoisotopic (exact) mass is 330 g/mol. The van der Waals surface area contributed by atoms with Gasteiger partial charge >= 0.3 is 0 Å². The smallest absolute Gasteiger partial charge is 0.255 e. The van der Waals surface area contributed by atoms with E-state index in [0.29, 0.717) is 30.0 Å². The number of amides is 1. The number of methoxy groups -OCH3 is 1. The summed E-state index contributed by atoms with van der Waals surface area (Å²) in [6.45, 7) is 1.81. The number of nitrogens with one attached hydrogen (secondary N) is 1. The highest BCUT2D eigenvalue weighted by molar-refractivity contribution is 5.95. The van der Waals surface area contributed by atoms with E-state index >= 15 is 0 Å². The quantitative estimate of drug-likeness (QED) is 0.864. The number of aliphatic hydroxyl groups is 1. The van der Waals surface area contributed by atoms with Crippen LogP contribution in [0, 0.1) is 12.8 Å². The summed E-state index contributed by atoms with van der Waals surface area (Å²) in [5.41, 5.74) is 2.15. The molecule has 0 unspecified atom stereocenters. The van der Waals surface area contributed by atoms with E-state index in [1.807, 2.05) is 13.0 Å². The van der Waals surface area contributed by atoms with Gasteiger partial charge in [0.05, 0.1) is 30.5 Å². The molecule has 2 N–H and O–H groups in total. The number of nitrogens with zero attached hydrogens (tertiary/aromatic N) is 3. The maximum Gasteiger partial charge on any atom is 0.255 e. The van der Waals surface area contributed by atoms with Crippen LogP contribution in [0.2, 0.25) is 0 Å². The number of hydrogen-bond donors (Lipinski definition) is 2. The molecule has 7 nitrogen and oxygen atoms in total. The van der Waals surface area contributed by atoms with Crippen LogP contribution in [0.15, 0.2) is 24.5 Å². The predicted octanol–water partition coefficient (Wildman–Crippen LogP) is 1.37. The molecule has 0 saturated heterocycles. The summed E-state index contributed by atoms with van der Waals surface area (Å²) in [5.74, 6) is 0.555. The second kappa shape index (κ2) is 6.60. The molecule has 2 aromatic rings. The van der Waals surface area contributed by atoms with Crippen molar-refractivity contribution in [3.05, 3.63) is 41.3 Å². The second-order valence-corrected chi connectivity index (χ2v) is 6.27. The molecule has 24 heavy (non-hydrogen) atoms. The normalized spacial score (nSPS) is 21.0. The minimum absolute atomic E-state index is 0.164. The number of carbonyl (C=O) groups excluding carboxylic acids is 1. The zero-order valence-corrected chi connectivity index (χ0v) is 14.1. The van der Waals surface area contributed by atoms with Gasteiger partial charge in [0.2, 0.25) is 5.88 Å². The van der Waals surface area contributed by atoms with Crippen LogP contribution in [0.4, 0.5) is 0 Å². The number of aryl methyl sites for hydroxylation is 2. The SMILES string of the molecule is COc1ccc([C@H](NC(=O)c2cn(C)nc2C)C2CC(O)C2)cn1. The Kier molecular flexibility index (Phi) is 4.53. The minimum atomic E-state index is -0.291. The Balaban J connectivity index is 1.82. The van der Waals surface area contributed by atoms with Gasteiger partial charge in [-0.3, -0.25) is 9.48 Å². The third kappa shape index (κ3) is 3.26. The van der Waals surface area contributed by atoms with Crippen molar-refractivity contribution in [1.29, 1.82) is 0 Å². The van der Waals surface area contributed by atoms with Crippen molar-refractivity contribution >= 4 is 5.91 Å². The first-order valence-electron chi connectivity index (χ1n) is 7.97. The third-order valence-electron chi connectivity index (χ3n) is 4.49. The molecule has 0 bridgehead atoms. The summed E-state index contributed by atoms with van der Waals surface area (Å²) in [5, 5.41) is 16.9. The topological polar surface area (TPSA) is 89.3 Å². The van der Waals surface area contributed by atoms with Crippen molar-refractivity contribution < 1.29 is 14.6 Å². The lowest BCUT2D eigenvalue weighted by atomic mass is 9.75. The van der Waals surface area contributed by atoms with Crippen molar-refractivity contribution in [2.24, 2.45) is 13.0 Å². The van der Waals surface area contributed by atoms with E-state index in [0.717, 1.165) is 5.56 Å².